The molecule has 0 radical (unpaired) electrons. The molecule has 7 nitrogen and oxygen atoms in total. The van der Waals surface area contributed by atoms with Gasteiger partial charge in [-0.3, -0.25) is 14.4 Å². The van der Waals surface area contributed by atoms with E-state index in [1.54, 1.807) is 12.1 Å². The summed E-state index contributed by atoms with van der Waals surface area (Å²) in [6.07, 6.45) is 1.90. The fourth-order valence-corrected chi connectivity index (χ4v) is 6.37. The maximum atomic E-state index is 13.6. The minimum atomic E-state index is -0.620. The largest absolute Gasteiger partial charge is 0.493 e. The first-order valence-corrected chi connectivity index (χ1v) is 14.2. The van der Waals surface area contributed by atoms with Gasteiger partial charge in [0.05, 0.1) is 12.1 Å². The summed E-state index contributed by atoms with van der Waals surface area (Å²) in [5.41, 5.74) is 2.80. The molecule has 3 aliphatic rings. The van der Waals surface area contributed by atoms with Crippen molar-refractivity contribution >= 4 is 34.8 Å². The van der Waals surface area contributed by atoms with Gasteiger partial charge < -0.3 is 19.5 Å². The van der Waals surface area contributed by atoms with E-state index in [1.165, 1.54) is 7.11 Å². The number of halogens is 1. The number of benzene rings is 2. The highest BCUT2D eigenvalue weighted by Crippen LogP contribution is 2.54. The van der Waals surface area contributed by atoms with E-state index in [2.05, 4.69) is 5.32 Å². The average molecular weight is 578 g/mol. The van der Waals surface area contributed by atoms with Gasteiger partial charge in [0.25, 0.3) is 5.91 Å². The Labute approximate surface area is 245 Å². The number of methoxy groups -OCH3 is 1. The number of rotatable bonds is 6. The van der Waals surface area contributed by atoms with E-state index in [9.17, 15) is 14.4 Å². The van der Waals surface area contributed by atoms with Gasteiger partial charge in [0.1, 0.15) is 11.5 Å². The maximum Gasteiger partial charge on any atom is 0.262 e. The zero-order chi connectivity index (χ0) is 29.7. The molecule has 1 heterocycles. The number of aryl methyl sites for hydroxylation is 1. The summed E-state index contributed by atoms with van der Waals surface area (Å²) in [4.78, 5) is 39.8. The molecule has 0 atom stereocenters. The van der Waals surface area contributed by atoms with Gasteiger partial charge in [-0.2, -0.15) is 0 Å². The lowest BCUT2D eigenvalue weighted by Gasteiger charge is -2.42. The number of para-hydroxylation sites is 1. The molecule has 5 rings (SSSR count). The van der Waals surface area contributed by atoms with Crippen molar-refractivity contribution in [3.63, 3.8) is 0 Å². The lowest BCUT2D eigenvalue weighted by molar-refractivity contribution is -0.120. The Bertz CT molecular complexity index is 1460. The van der Waals surface area contributed by atoms with Gasteiger partial charge in [-0.1, -0.05) is 57.5 Å². The lowest BCUT2D eigenvalue weighted by Crippen LogP contribution is -2.37. The van der Waals surface area contributed by atoms with E-state index >= 15 is 0 Å². The predicted octanol–water partition coefficient (Wildman–Crippen LogP) is 7.07. The van der Waals surface area contributed by atoms with Crippen LogP contribution in [0.3, 0.4) is 0 Å². The Balaban J connectivity index is 1.51. The number of amides is 1. The van der Waals surface area contributed by atoms with E-state index in [4.69, 9.17) is 25.8 Å². The Hall–Kier alpha value is -3.58. The van der Waals surface area contributed by atoms with Crippen LogP contribution in [0.1, 0.15) is 70.4 Å². The SMILES string of the molecule is COc1cc(C2C3=C(CC(C)(C)CC3=O)OC3=C2C(=O)CC(C)(C)C3)cc(Cl)c1OCC(=O)Nc1ccccc1C. The smallest absolute Gasteiger partial charge is 0.262 e. The fraction of sp³-hybridized carbons (Fsp3) is 0.424. The highest BCUT2D eigenvalue weighted by atomic mass is 35.5. The number of carbonyl (C=O) groups is 3. The number of ketones is 2. The second-order valence-electron chi connectivity index (χ2n) is 12.8. The molecule has 0 saturated heterocycles. The average Bonchev–Trinajstić information content (AvgIpc) is 2.86. The Morgan fingerprint density at radius 3 is 2.12 bits per heavy atom. The minimum absolute atomic E-state index is 0.0336. The zero-order valence-corrected chi connectivity index (χ0v) is 25.2. The third-order valence-electron chi connectivity index (χ3n) is 7.93. The van der Waals surface area contributed by atoms with Crippen LogP contribution in [-0.2, 0) is 19.1 Å². The standard InChI is InChI=1S/C33H36ClNO6/c1-18-9-7-8-10-21(18)35-27(38)17-40-31-20(34)11-19(12-24(31)39-6)28-29-22(36)13-32(2,3)15-25(29)41-26-16-33(4,5)14-23(37)30(26)28/h7-12,28H,13-17H2,1-6H3,(H,35,38). The van der Waals surface area contributed by atoms with Crippen molar-refractivity contribution < 1.29 is 28.6 Å². The minimum Gasteiger partial charge on any atom is -0.493 e. The van der Waals surface area contributed by atoms with Crippen molar-refractivity contribution in [2.75, 3.05) is 19.0 Å². The Morgan fingerprint density at radius 2 is 1.56 bits per heavy atom. The molecule has 41 heavy (non-hydrogen) atoms. The number of hydrogen-bond acceptors (Lipinski definition) is 6. The van der Waals surface area contributed by atoms with Crippen LogP contribution in [0.4, 0.5) is 5.69 Å². The summed E-state index contributed by atoms with van der Waals surface area (Å²) in [7, 11) is 1.48. The van der Waals surface area contributed by atoms with Gasteiger partial charge in [0.15, 0.2) is 29.7 Å². The molecule has 0 fully saturated rings. The van der Waals surface area contributed by atoms with Crippen molar-refractivity contribution in [1.29, 1.82) is 0 Å². The van der Waals surface area contributed by atoms with E-state index in [-0.39, 0.29) is 45.7 Å². The first kappa shape index (κ1) is 28.9. The number of Topliss-reactive ketones (excluding diaryl/α,β-unsaturated/α-hetero) is 2. The van der Waals surface area contributed by atoms with Crippen molar-refractivity contribution in [2.24, 2.45) is 10.8 Å². The molecular weight excluding hydrogens is 542 g/mol. The monoisotopic (exact) mass is 577 g/mol. The molecule has 8 heteroatoms. The van der Waals surface area contributed by atoms with E-state index < -0.39 is 5.92 Å². The first-order chi connectivity index (χ1) is 19.3. The van der Waals surface area contributed by atoms with E-state index in [1.807, 2.05) is 58.9 Å². The normalized spacial score (nSPS) is 19.8. The Morgan fingerprint density at radius 1 is 0.976 bits per heavy atom. The quantitative estimate of drug-likeness (QED) is 0.395. The predicted molar refractivity (Wildman–Crippen MR) is 157 cm³/mol. The van der Waals surface area contributed by atoms with Crippen LogP contribution in [-0.4, -0.2) is 31.2 Å². The third-order valence-corrected chi connectivity index (χ3v) is 8.21. The number of ether oxygens (including phenoxy) is 3. The second-order valence-corrected chi connectivity index (χ2v) is 13.2. The highest BCUT2D eigenvalue weighted by Gasteiger charge is 2.48. The fourth-order valence-electron chi connectivity index (χ4n) is 6.09. The van der Waals surface area contributed by atoms with Crippen molar-refractivity contribution in [3.05, 3.63) is 75.2 Å². The van der Waals surface area contributed by atoms with Crippen LogP contribution < -0.4 is 14.8 Å². The lowest BCUT2D eigenvalue weighted by atomic mass is 9.65. The zero-order valence-electron chi connectivity index (χ0n) is 24.4. The summed E-state index contributed by atoms with van der Waals surface area (Å²) >= 11 is 6.75. The summed E-state index contributed by atoms with van der Waals surface area (Å²) < 4.78 is 17.9. The second kappa shape index (κ2) is 10.7. The summed E-state index contributed by atoms with van der Waals surface area (Å²) in [6, 6.07) is 10.9. The first-order valence-electron chi connectivity index (χ1n) is 13.8. The van der Waals surface area contributed by atoms with Crippen LogP contribution in [0.25, 0.3) is 0 Å². The summed E-state index contributed by atoms with van der Waals surface area (Å²) in [6.45, 7) is 9.82. The molecule has 1 aliphatic heterocycles. The summed E-state index contributed by atoms with van der Waals surface area (Å²) in [5, 5.41) is 3.05. The van der Waals surface area contributed by atoms with Crippen LogP contribution in [0.2, 0.25) is 5.02 Å². The summed E-state index contributed by atoms with van der Waals surface area (Å²) in [5.74, 6) is 0.738. The maximum absolute atomic E-state index is 13.6. The molecule has 0 aromatic heterocycles. The topological polar surface area (TPSA) is 90.9 Å². The third kappa shape index (κ3) is 5.78. The molecule has 216 valence electrons. The number of hydrogen-bond donors (Lipinski definition) is 1. The van der Waals surface area contributed by atoms with Crippen molar-refractivity contribution in [1.82, 2.24) is 0 Å². The molecule has 0 bridgehead atoms. The van der Waals surface area contributed by atoms with Crippen LogP contribution >= 0.6 is 11.6 Å². The molecule has 1 N–H and O–H groups in total. The van der Waals surface area contributed by atoms with Crippen LogP contribution in [0.5, 0.6) is 11.5 Å². The van der Waals surface area contributed by atoms with Gasteiger partial charge in [0, 0.05) is 48.4 Å². The molecule has 0 unspecified atom stereocenters. The molecule has 2 aromatic rings. The van der Waals surface area contributed by atoms with Crippen LogP contribution in [0.15, 0.2) is 59.1 Å². The molecule has 0 saturated carbocycles. The van der Waals surface area contributed by atoms with Crippen molar-refractivity contribution in [2.45, 2.75) is 66.2 Å². The number of allylic oxidation sites excluding steroid dienone is 4. The molecule has 2 aromatic carbocycles. The van der Waals surface area contributed by atoms with E-state index in [0.29, 0.717) is 65.3 Å². The van der Waals surface area contributed by atoms with Gasteiger partial charge in [-0.15, -0.1) is 0 Å². The highest BCUT2D eigenvalue weighted by molar-refractivity contribution is 6.32. The van der Waals surface area contributed by atoms with Gasteiger partial charge in [-0.25, -0.2) is 0 Å². The number of anilines is 1. The van der Waals surface area contributed by atoms with Gasteiger partial charge >= 0.3 is 0 Å². The molecule has 2 aliphatic carbocycles. The van der Waals surface area contributed by atoms with Gasteiger partial charge in [0.2, 0.25) is 0 Å². The van der Waals surface area contributed by atoms with Gasteiger partial charge in [-0.05, 0) is 47.1 Å². The molecule has 1 amide bonds. The number of carbonyl (C=O) groups excluding carboxylic acids is 3. The molecular formula is C33H36ClNO6. The van der Waals surface area contributed by atoms with Crippen LogP contribution in [0, 0.1) is 17.8 Å². The Kier molecular flexibility index (Phi) is 7.53. The molecule has 0 spiro atoms. The van der Waals surface area contributed by atoms with E-state index in [0.717, 1.165) is 5.56 Å². The van der Waals surface area contributed by atoms with Crippen molar-refractivity contribution in [3.8, 4) is 11.5 Å². The number of nitrogens with one attached hydrogen (secondary N) is 1.